The van der Waals surface area contributed by atoms with Gasteiger partial charge in [0.1, 0.15) is 0 Å². The number of hydrogen-bond donors (Lipinski definition) is 2. The second kappa shape index (κ2) is 5.28. The Balaban J connectivity index is 2.66. The van der Waals surface area contributed by atoms with Crippen LogP contribution in [0, 0.1) is 6.92 Å². The van der Waals surface area contributed by atoms with Crippen LogP contribution in [0.25, 0.3) is 5.69 Å². The van der Waals surface area contributed by atoms with Crippen LogP contribution >= 0.6 is 11.6 Å². The summed E-state index contributed by atoms with van der Waals surface area (Å²) in [7, 11) is 0. The number of aryl methyl sites for hydroxylation is 1. The van der Waals surface area contributed by atoms with Crippen LogP contribution in [0.15, 0.2) is 29.6 Å². The summed E-state index contributed by atoms with van der Waals surface area (Å²) in [6.45, 7) is 1.64. The molecule has 0 spiro atoms. The molecule has 2 rings (SSSR count). The lowest BCUT2D eigenvalue weighted by Gasteiger charge is -2.12. The van der Waals surface area contributed by atoms with Crippen LogP contribution in [0.4, 0.5) is 13.2 Å². The third-order valence-electron chi connectivity index (χ3n) is 2.79. The summed E-state index contributed by atoms with van der Waals surface area (Å²) in [5.74, 6) is -0.458. The third-order valence-corrected chi connectivity index (χ3v) is 3.16. The molecule has 0 radical (unpaired) electrons. The number of alkyl halides is 3. The van der Waals surface area contributed by atoms with Gasteiger partial charge in [0.15, 0.2) is 5.84 Å². The smallest absolute Gasteiger partial charge is 0.409 e. The Morgan fingerprint density at radius 3 is 2.57 bits per heavy atom. The van der Waals surface area contributed by atoms with Gasteiger partial charge in [0.25, 0.3) is 0 Å². The van der Waals surface area contributed by atoms with Gasteiger partial charge in [0.05, 0.1) is 22.0 Å². The molecule has 5 nitrogen and oxygen atoms in total. The van der Waals surface area contributed by atoms with Gasteiger partial charge in [0.2, 0.25) is 0 Å². The Kier molecular flexibility index (Phi) is 3.82. The summed E-state index contributed by atoms with van der Waals surface area (Å²) in [4.78, 5) is 0. The average Bonchev–Trinajstić information content (AvgIpc) is 2.76. The summed E-state index contributed by atoms with van der Waals surface area (Å²) < 4.78 is 39.5. The van der Waals surface area contributed by atoms with Crippen molar-refractivity contribution in [3.8, 4) is 5.69 Å². The lowest BCUT2D eigenvalue weighted by molar-refractivity contribution is -0.137. The molecule has 0 unspecified atom stereocenters. The van der Waals surface area contributed by atoms with Gasteiger partial charge in [-0.3, -0.25) is 0 Å². The van der Waals surface area contributed by atoms with Gasteiger partial charge in [0, 0.05) is 11.8 Å². The molecule has 2 aromatic rings. The van der Waals surface area contributed by atoms with Crippen LogP contribution in [0.2, 0.25) is 5.02 Å². The molecule has 1 aromatic carbocycles. The molecular formula is C12H10ClF3N4O. The van der Waals surface area contributed by atoms with Crippen molar-refractivity contribution in [1.82, 2.24) is 9.78 Å². The zero-order valence-electron chi connectivity index (χ0n) is 10.7. The number of amidine groups is 1. The van der Waals surface area contributed by atoms with E-state index in [-0.39, 0.29) is 11.3 Å². The van der Waals surface area contributed by atoms with Crippen LogP contribution < -0.4 is 5.73 Å². The highest BCUT2D eigenvalue weighted by Crippen LogP contribution is 2.31. The fraction of sp³-hybridized carbons (Fsp3) is 0.167. The van der Waals surface area contributed by atoms with Crippen molar-refractivity contribution >= 4 is 17.4 Å². The van der Waals surface area contributed by atoms with E-state index < -0.39 is 17.6 Å². The minimum atomic E-state index is -4.54. The molecule has 0 saturated heterocycles. The molecule has 0 fully saturated rings. The molecule has 3 N–H and O–H groups in total. The molecule has 0 atom stereocenters. The molecule has 21 heavy (non-hydrogen) atoms. The molecule has 0 aliphatic carbocycles. The van der Waals surface area contributed by atoms with E-state index >= 15 is 0 Å². The molecule has 112 valence electrons. The van der Waals surface area contributed by atoms with Gasteiger partial charge in [-0.15, -0.1) is 0 Å². The summed E-state index contributed by atoms with van der Waals surface area (Å²) in [6.07, 6.45) is -3.12. The normalized spacial score (nSPS) is 12.7. The van der Waals surface area contributed by atoms with E-state index in [2.05, 4.69) is 10.3 Å². The number of hydrogen-bond acceptors (Lipinski definition) is 3. The SMILES string of the molecule is Cc1nn(-c2ccc(C(F)(F)F)cc2C(N)=NO)cc1Cl. The number of halogens is 4. The second-order valence-electron chi connectivity index (χ2n) is 4.22. The minimum Gasteiger partial charge on any atom is -0.409 e. The van der Waals surface area contributed by atoms with Gasteiger partial charge < -0.3 is 10.9 Å². The van der Waals surface area contributed by atoms with Crippen molar-refractivity contribution in [2.45, 2.75) is 13.1 Å². The predicted octanol–water partition coefficient (Wildman–Crippen LogP) is 2.95. The quantitative estimate of drug-likeness (QED) is 0.387. The highest BCUT2D eigenvalue weighted by Gasteiger charge is 2.31. The van der Waals surface area contributed by atoms with Crippen LogP contribution in [0.5, 0.6) is 0 Å². The average molecular weight is 319 g/mol. The highest BCUT2D eigenvalue weighted by molar-refractivity contribution is 6.31. The van der Waals surface area contributed by atoms with Gasteiger partial charge in [-0.1, -0.05) is 16.8 Å². The lowest BCUT2D eigenvalue weighted by atomic mass is 10.1. The number of oxime groups is 1. The first-order chi connectivity index (χ1) is 9.74. The number of nitrogens with two attached hydrogens (primary N) is 1. The maximum atomic E-state index is 12.8. The minimum absolute atomic E-state index is 0.105. The monoisotopic (exact) mass is 318 g/mol. The van der Waals surface area contributed by atoms with E-state index in [0.29, 0.717) is 10.7 Å². The Morgan fingerprint density at radius 1 is 1.43 bits per heavy atom. The number of rotatable bonds is 2. The zero-order valence-corrected chi connectivity index (χ0v) is 11.4. The van der Waals surface area contributed by atoms with E-state index in [9.17, 15) is 13.2 Å². The van der Waals surface area contributed by atoms with Crippen LogP contribution in [0.3, 0.4) is 0 Å². The molecule has 1 heterocycles. The van der Waals surface area contributed by atoms with E-state index in [0.717, 1.165) is 12.1 Å². The molecule has 0 bridgehead atoms. The first kappa shape index (κ1) is 15.2. The fourth-order valence-electron chi connectivity index (χ4n) is 1.73. The van der Waals surface area contributed by atoms with E-state index in [1.54, 1.807) is 6.92 Å². The Morgan fingerprint density at radius 2 is 2.10 bits per heavy atom. The number of nitrogens with zero attached hydrogens (tertiary/aromatic N) is 3. The van der Waals surface area contributed by atoms with E-state index in [4.69, 9.17) is 22.5 Å². The molecule has 9 heteroatoms. The topological polar surface area (TPSA) is 76.4 Å². The summed E-state index contributed by atoms with van der Waals surface area (Å²) in [5, 5.41) is 15.9. The molecule has 1 aromatic heterocycles. The molecular weight excluding hydrogens is 309 g/mol. The maximum absolute atomic E-state index is 12.8. The number of aromatic nitrogens is 2. The van der Waals surface area contributed by atoms with E-state index in [1.165, 1.54) is 16.9 Å². The van der Waals surface area contributed by atoms with Crippen LogP contribution in [-0.2, 0) is 6.18 Å². The molecule has 0 amide bonds. The van der Waals surface area contributed by atoms with Crippen molar-refractivity contribution in [2.24, 2.45) is 10.9 Å². The fourth-order valence-corrected chi connectivity index (χ4v) is 1.86. The second-order valence-corrected chi connectivity index (χ2v) is 4.63. The highest BCUT2D eigenvalue weighted by atomic mass is 35.5. The van der Waals surface area contributed by atoms with Crippen LogP contribution in [-0.4, -0.2) is 20.8 Å². The van der Waals surface area contributed by atoms with Crippen molar-refractivity contribution in [2.75, 3.05) is 0 Å². The maximum Gasteiger partial charge on any atom is 0.416 e. The largest absolute Gasteiger partial charge is 0.416 e. The summed E-state index contributed by atoms with van der Waals surface area (Å²) in [5.41, 5.74) is 5.15. The first-order valence-electron chi connectivity index (χ1n) is 5.65. The first-order valence-corrected chi connectivity index (χ1v) is 6.03. The third kappa shape index (κ3) is 2.94. The van der Waals surface area contributed by atoms with Gasteiger partial charge in [-0.25, -0.2) is 4.68 Å². The van der Waals surface area contributed by atoms with Gasteiger partial charge in [-0.2, -0.15) is 18.3 Å². The Bertz CT molecular complexity index is 690. The van der Waals surface area contributed by atoms with Crippen molar-refractivity contribution in [1.29, 1.82) is 0 Å². The van der Waals surface area contributed by atoms with Crippen molar-refractivity contribution < 1.29 is 18.4 Å². The lowest BCUT2D eigenvalue weighted by Crippen LogP contribution is -2.18. The van der Waals surface area contributed by atoms with Crippen LogP contribution in [0.1, 0.15) is 16.8 Å². The summed E-state index contributed by atoms with van der Waals surface area (Å²) in [6, 6.07) is 2.85. The number of benzene rings is 1. The standard InChI is InChI=1S/C12H10ClF3N4O/c1-6-9(13)5-20(18-6)10-3-2-7(12(14,15)16)4-8(10)11(17)19-21/h2-5,21H,1H3,(H2,17,19). The molecule has 0 saturated carbocycles. The Labute approximate surface area is 122 Å². The van der Waals surface area contributed by atoms with E-state index in [1.807, 2.05) is 0 Å². The van der Waals surface area contributed by atoms with Crippen molar-refractivity contribution in [3.05, 3.63) is 46.2 Å². The Hall–Kier alpha value is -2.22. The molecule has 0 aliphatic heterocycles. The molecule has 0 aliphatic rings. The van der Waals surface area contributed by atoms with Crippen molar-refractivity contribution in [3.63, 3.8) is 0 Å². The van der Waals surface area contributed by atoms with Gasteiger partial charge in [-0.05, 0) is 25.1 Å². The van der Waals surface area contributed by atoms with Gasteiger partial charge >= 0.3 is 6.18 Å². The predicted molar refractivity (Wildman–Crippen MR) is 70.8 cm³/mol. The zero-order chi connectivity index (χ0) is 15.8. The summed E-state index contributed by atoms with van der Waals surface area (Å²) >= 11 is 5.87.